The van der Waals surface area contributed by atoms with Crippen molar-refractivity contribution in [1.82, 2.24) is 9.88 Å². The number of carbonyl (C=O) groups excluding carboxylic acids is 1. The molecule has 1 amide bonds. The van der Waals surface area contributed by atoms with Crippen LogP contribution in [0.3, 0.4) is 0 Å². The predicted molar refractivity (Wildman–Crippen MR) is 99.4 cm³/mol. The summed E-state index contributed by atoms with van der Waals surface area (Å²) in [6, 6.07) is 7.88. The van der Waals surface area contributed by atoms with Crippen LogP contribution in [0.15, 0.2) is 52.4 Å². The second-order valence-electron chi connectivity index (χ2n) is 6.34. The number of nitrogens with zero attached hydrogens (tertiary/aromatic N) is 3. The standard InChI is InChI=1S/C19H16F3N3O2S/c20-19(21,22)14-3-1-2-13(12-14)15-4-5-16(27-15)17(26)24-7-9-25(10-8-24)18-23-6-11-28-18/h1-6,11-12H,7-10H2. The Labute approximate surface area is 163 Å². The number of hydrogen-bond acceptors (Lipinski definition) is 5. The molecule has 0 radical (unpaired) electrons. The number of hydrogen-bond donors (Lipinski definition) is 0. The average Bonchev–Trinajstić information content (AvgIpc) is 3.39. The number of alkyl halides is 3. The zero-order chi connectivity index (χ0) is 19.7. The SMILES string of the molecule is O=C(c1ccc(-c2cccc(C(F)(F)F)c2)o1)N1CCN(c2nccs2)CC1. The van der Waals surface area contributed by atoms with Crippen LogP contribution in [-0.4, -0.2) is 42.0 Å². The molecule has 1 fully saturated rings. The first-order valence-electron chi connectivity index (χ1n) is 8.63. The van der Waals surface area contributed by atoms with Crippen LogP contribution < -0.4 is 4.90 Å². The van der Waals surface area contributed by atoms with Crippen molar-refractivity contribution in [2.75, 3.05) is 31.1 Å². The molecule has 5 nitrogen and oxygen atoms in total. The lowest BCUT2D eigenvalue weighted by molar-refractivity contribution is -0.137. The van der Waals surface area contributed by atoms with E-state index in [-0.39, 0.29) is 23.0 Å². The third kappa shape index (κ3) is 3.75. The highest BCUT2D eigenvalue weighted by molar-refractivity contribution is 7.13. The molecule has 146 valence electrons. The molecule has 0 unspecified atom stereocenters. The van der Waals surface area contributed by atoms with E-state index < -0.39 is 11.7 Å². The van der Waals surface area contributed by atoms with Crippen LogP contribution in [0.5, 0.6) is 0 Å². The van der Waals surface area contributed by atoms with Crippen LogP contribution in [-0.2, 0) is 6.18 Å². The lowest BCUT2D eigenvalue weighted by atomic mass is 10.1. The smallest absolute Gasteiger partial charge is 0.416 e. The summed E-state index contributed by atoms with van der Waals surface area (Å²) in [5.41, 5.74) is -0.477. The summed E-state index contributed by atoms with van der Waals surface area (Å²) in [6.07, 6.45) is -2.69. The molecule has 0 spiro atoms. The average molecular weight is 407 g/mol. The van der Waals surface area contributed by atoms with Crippen molar-refractivity contribution in [2.45, 2.75) is 6.18 Å². The van der Waals surface area contributed by atoms with Gasteiger partial charge in [-0.1, -0.05) is 12.1 Å². The third-order valence-corrected chi connectivity index (χ3v) is 5.38. The number of benzene rings is 1. The van der Waals surface area contributed by atoms with Gasteiger partial charge in [-0.25, -0.2) is 4.98 Å². The van der Waals surface area contributed by atoms with E-state index in [0.717, 1.165) is 17.3 Å². The maximum Gasteiger partial charge on any atom is 0.416 e. The van der Waals surface area contributed by atoms with Gasteiger partial charge in [0.05, 0.1) is 5.56 Å². The van der Waals surface area contributed by atoms with Crippen LogP contribution in [0.2, 0.25) is 0 Å². The van der Waals surface area contributed by atoms with Gasteiger partial charge in [-0.3, -0.25) is 4.79 Å². The molecule has 3 aromatic rings. The first-order chi connectivity index (χ1) is 13.4. The van der Waals surface area contributed by atoms with Crippen LogP contribution in [0.1, 0.15) is 16.1 Å². The summed E-state index contributed by atoms with van der Waals surface area (Å²) in [6.45, 7) is 2.39. The van der Waals surface area contributed by atoms with Crippen molar-refractivity contribution in [3.63, 3.8) is 0 Å². The third-order valence-electron chi connectivity index (χ3n) is 4.55. The summed E-state index contributed by atoms with van der Waals surface area (Å²) in [7, 11) is 0. The van der Waals surface area contributed by atoms with E-state index in [1.807, 2.05) is 5.38 Å². The molecule has 0 N–H and O–H groups in total. The summed E-state index contributed by atoms with van der Waals surface area (Å²) < 4.78 is 44.3. The normalized spacial score (nSPS) is 15.1. The Morgan fingerprint density at radius 2 is 1.89 bits per heavy atom. The van der Waals surface area contributed by atoms with E-state index in [4.69, 9.17) is 4.42 Å². The molecule has 28 heavy (non-hydrogen) atoms. The quantitative estimate of drug-likeness (QED) is 0.646. The summed E-state index contributed by atoms with van der Waals surface area (Å²) >= 11 is 1.55. The number of halogens is 3. The molecule has 3 heterocycles. The Morgan fingerprint density at radius 3 is 2.57 bits per heavy atom. The van der Waals surface area contributed by atoms with Crippen LogP contribution in [0.4, 0.5) is 18.3 Å². The van der Waals surface area contributed by atoms with Crippen molar-refractivity contribution in [3.8, 4) is 11.3 Å². The van der Waals surface area contributed by atoms with Crippen molar-refractivity contribution >= 4 is 22.4 Å². The van der Waals surface area contributed by atoms with E-state index in [1.54, 1.807) is 22.4 Å². The monoisotopic (exact) mass is 407 g/mol. The number of thiazole rings is 1. The maximum atomic E-state index is 12.9. The van der Waals surface area contributed by atoms with Gasteiger partial charge in [0, 0.05) is 43.3 Å². The van der Waals surface area contributed by atoms with Gasteiger partial charge in [0.15, 0.2) is 10.9 Å². The molecule has 2 aromatic heterocycles. The molecule has 4 rings (SSSR count). The largest absolute Gasteiger partial charge is 0.451 e. The van der Waals surface area contributed by atoms with Crippen molar-refractivity contribution < 1.29 is 22.4 Å². The van der Waals surface area contributed by atoms with Crippen molar-refractivity contribution in [2.24, 2.45) is 0 Å². The van der Waals surface area contributed by atoms with Crippen molar-refractivity contribution in [3.05, 3.63) is 59.3 Å². The second kappa shape index (κ2) is 7.31. The molecule has 1 aliphatic rings. The van der Waals surface area contributed by atoms with E-state index in [2.05, 4.69) is 9.88 Å². The molecule has 9 heteroatoms. The van der Waals surface area contributed by atoms with Gasteiger partial charge in [0.2, 0.25) is 0 Å². The van der Waals surface area contributed by atoms with Gasteiger partial charge in [-0.05, 0) is 24.3 Å². The van der Waals surface area contributed by atoms with Crippen molar-refractivity contribution in [1.29, 1.82) is 0 Å². The topological polar surface area (TPSA) is 49.6 Å². The molecule has 0 saturated carbocycles. The van der Waals surface area contributed by atoms with E-state index >= 15 is 0 Å². The Hall–Kier alpha value is -2.81. The molecular weight excluding hydrogens is 391 g/mol. The number of furan rings is 1. The molecule has 1 aromatic carbocycles. The molecule has 0 aliphatic carbocycles. The highest BCUT2D eigenvalue weighted by Gasteiger charge is 2.31. The molecular formula is C19H16F3N3O2S. The highest BCUT2D eigenvalue weighted by Crippen LogP contribution is 2.32. The fraction of sp³-hybridized carbons (Fsp3) is 0.263. The lowest BCUT2D eigenvalue weighted by Gasteiger charge is -2.34. The van der Waals surface area contributed by atoms with E-state index in [1.165, 1.54) is 24.3 Å². The van der Waals surface area contributed by atoms with E-state index in [0.29, 0.717) is 26.2 Å². The molecule has 1 aliphatic heterocycles. The number of amides is 1. The molecule has 1 saturated heterocycles. The second-order valence-corrected chi connectivity index (χ2v) is 7.21. The zero-order valence-corrected chi connectivity index (χ0v) is 15.5. The first-order valence-corrected chi connectivity index (χ1v) is 9.51. The molecule has 0 atom stereocenters. The number of piperazine rings is 1. The minimum absolute atomic E-state index is 0.120. The summed E-state index contributed by atoms with van der Waals surface area (Å²) in [4.78, 5) is 20.8. The van der Waals surface area contributed by atoms with Gasteiger partial charge in [-0.15, -0.1) is 11.3 Å². The summed E-state index contributed by atoms with van der Waals surface area (Å²) in [5.74, 6) is 0.0861. The first kappa shape index (κ1) is 18.5. The number of anilines is 1. The zero-order valence-electron chi connectivity index (χ0n) is 14.6. The fourth-order valence-corrected chi connectivity index (χ4v) is 3.78. The van der Waals surface area contributed by atoms with Gasteiger partial charge in [0.1, 0.15) is 5.76 Å². The lowest BCUT2D eigenvalue weighted by Crippen LogP contribution is -2.48. The van der Waals surface area contributed by atoms with Crippen LogP contribution in [0.25, 0.3) is 11.3 Å². The van der Waals surface area contributed by atoms with Crippen LogP contribution in [0, 0.1) is 0 Å². The fourth-order valence-electron chi connectivity index (χ4n) is 3.09. The highest BCUT2D eigenvalue weighted by atomic mass is 32.1. The maximum absolute atomic E-state index is 12.9. The van der Waals surface area contributed by atoms with Gasteiger partial charge in [-0.2, -0.15) is 13.2 Å². The summed E-state index contributed by atoms with van der Waals surface area (Å²) in [5, 5.41) is 2.84. The predicted octanol–water partition coefficient (Wildman–Crippen LogP) is 4.38. The van der Waals surface area contributed by atoms with E-state index in [9.17, 15) is 18.0 Å². The van der Waals surface area contributed by atoms with Crippen LogP contribution >= 0.6 is 11.3 Å². The van der Waals surface area contributed by atoms with Gasteiger partial charge >= 0.3 is 6.18 Å². The molecule has 0 bridgehead atoms. The van der Waals surface area contributed by atoms with Gasteiger partial charge < -0.3 is 14.2 Å². The minimum atomic E-state index is -4.43. The Bertz CT molecular complexity index is 961. The Morgan fingerprint density at radius 1 is 1.11 bits per heavy atom. The van der Waals surface area contributed by atoms with Gasteiger partial charge in [0.25, 0.3) is 5.91 Å². The Kier molecular flexibility index (Phi) is 4.84. The Balaban J connectivity index is 1.45. The minimum Gasteiger partial charge on any atom is -0.451 e. The number of carbonyl (C=O) groups is 1. The number of aromatic nitrogens is 1. The number of rotatable bonds is 3.